The lowest BCUT2D eigenvalue weighted by atomic mass is 10.0. The van der Waals surface area contributed by atoms with Crippen molar-refractivity contribution in [1.82, 2.24) is 4.90 Å². The number of nitrogens with two attached hydrogens (primary N) is 1. The summed E-state index contributed by atoms with van der Waals surface area (Å²) in [6.07, 6.45) is 2.32. The van der Waals surface area contributed by atoms with Gasteiger partial charge in [-0.2, -0.15) is 0 Å². The van der Waals surface area contributed by atoms with Gasteiger partial charge in [0, 0.05) is 28.9 Å². The number of rotatable bonds is 1. The van der Waals surface area contributed by atoms with E-state index in [2.05, 4.69) is 15.9 Å². The molecule has 1 saturated heterocycles. The Bertz CT molecular complexity index is 418. The Hall–Kier alpha value is -0.100. The minimum absolute atomic E-state index is 0.0203. The summed E-state index contributed by atoms with van der Waals surface area (Å²) in [6, 6.07) is 1.89. The molecule has 1 aromatic heterocycles. The number of thiophene rings is 1. The molecule has 94 valence electrons. The van der Waals surface area contributed by atoms with Gasteiger partial charge in [0.05, 0.1) is 6.04 Å². The SMILES string of the molecule is CN1C(=O)CCCC(N)C1c1cc(Br)c(Cl)s1. The van der Waals surface area contributed by atoms with Crippen LogP contribution in [0.15, 0.2) is 10.5 Å². The summed E-state index contributed by atoms with van der Waals surface area (Å²) in [5.74, 6) is 0.156. The summed E-state index contributed by atoms with van der Waals surface area (Å²) in [7, 11) is 1.82. The van der Waals surface area contributed by atoms with E-state index in [1.807, 2.05) is 13.1 Å². The Labute approximate surface area is 118 Å². The van der Waals surface area contributed by atoms with E-state index in [9.17, 15) is 4.79 Å². The average molecular weight is 338 g/mol. The molecule has 1 aliphatic heterocycles. The maximum Gasteiger partial charge on any atom is 0.222 e. The highest BCUT2D eigenvalue weighted by atomic mass is 79.9. The van der Waals surface area contributed by atoms with Crippen LogP contribution in [0.4, 0.5) is 0 Å². The van der Waals surface area contributed by atoms with Crippen molar-refractivity contribution < 1.29 is 4.79 Å². The summed E-state index contributed by atoms with van der Waals surface area (Å²) in [5, 5.41) is 0. The first-order valence-electron chi connectivity index (χ1n) is 5.46. The van der Waals surface area contributed by atoms with Crippen molar-refractivity contribution in [2.45, 2.75) is 31.3 Å². The van der Waals surface area contributed by atoms with Crippen molar-refractivity contribution in [3.63, 3.8) is 0 Å². The van der Waals surface area contributed by atoms with Crippen molar-refractivity contribution >= 4 is 44.8 Å². The van der Waals surface area contributed by atoms with E-state index in [4.69, 9.17) is 17.3 Å². The fourth-order valence-corrected chi connectivity index (χ4v) is 4.13. The molecule has 17 heavy (non-hydrogen) atoms. The molecule has 0 bridgehead atoms. The van der Waals surface area contributed by atoms with Crippen LogP contribution in [0.2, 0.25) is 4.34 Å². The van der Waals surface area contributed by atoms with Crippen LogP contribution >= 0.6 is 38.9 Å². The van der Waals surface area contributed by atoms with E-state index in [0.717, 1.165) is 22.2 Å². The van der Waals surface area contributed by atoms with Crippen LogP contribution in [0.25, 0.3) is 0 Å². The number of amides is 1. The van der Waals surface area contributed by atoms with Crippen LogP contribution < -0.4 is 5.73 Å². The van der Waals surface area contributed by atoms with Crippen molar-refractivity contribution in [3.05, 3.63) is 19.8 Å². The third-order valence-corrected chi connectivity index (χ3v) is 5.65. The predicted molar refractivity (Wildman–Crippen MR) is 74.4 cm³/mol. The van der Waals surface area contributed by atoms with Gasteiger partial charge in [0.25, 0.3) is 0 Å². The maximum absolute atomic E-state index is 11.9. The first-order valence-corrected chi connectivity index (χ1v) is 7.45. The number of hydrogen-bond acceptors (Lipinski definition) is 3. The minimum Gasteiger partial charge on any atom is -0.336 e. The molecule has 1 fully saturated rings. The number of nitrogens with zero attached hydrogens (tertiary/aromatic N) is 1. The molecular weight excluding hydrogens is 324 g/mol. The molecule has 0 spiro atoms. The molecule has 2 atom stereocenters. The first-order chi connectivity index (χ1) is 8.00. The molecule has 3 nitrogen and oxygen atoms in total. The summed E-state index contributed by atoms with van der Waals surface area (Å²) >= 11 is 10.9. The summed E-state index contributed by atoms with van der Waals surface area (Å²) in [6.45, 7) is 0. The molecule has 1 aromatic rings. The molecule has 0 saturated carbocycles. The second-order valence-electron chi connectivity index (χ2n) is 4.28. The van der Waals surface area contributed by atoms with Gasteiger partial charge in [0.2, 0.25) is 5.91 Å². The lowest BCUT2D eigenvalue weighted by molar-refractivity contribution is -0.131. The lowest BCUT2D eigenvalue weighted by Gasteiger charge is -2.29. The molecular formula is C11H14BrClN2OS. The third kappa shape index (κ3) is 2.67. The quantitative estimate of drug-likeness (QED) is 0.855. The molecule has 2 N–H and O–H groups in total. The smallest absolute Gasteiger partial charge is 0.222 e. The highest BCUT2D eigenvalue weighted by molar-refractivity contribution is 9.10. The number of halogens is 2. The van der Waals surface area contributed by atoms with Gasteiger partial charge in [-0.3, -0.25) is 4.79 Å². The van der Waals surface area contributed by atoms with Gasteiger partial charge in [-0.05, 0) is 34.8 Å². The normalized spacial score (nSPS) is 26.1. The third-order valence-electron chi connectivity index (χ3n) is 3.10. The van der Waals surface area contributed by atoms with Gasteiger partial charge in [-0.1, -0.05) is 11.6 Å². The van der Waals surface area contributed by atoms with E-state index >= 15 is 0 Å². The van der Waals surface area contributed by atoms with Gasteiger partial charge < -0.3 is 10.6 Å². The van der Waals surface area contributed by atoms with Crippen molar-refractivity contribution in [1.29, 1.82) is 0 Å². The fraction of sp³-hybridized carbons (Fsp3) is 0.545. The highest BCUT2D eigenvalue weighted by Crippen LogP contribution is 2.39. The molecule has 1 amide bonds. The number of carbonyl (C=O) groups excluding carboxylic acids is 1. The van der Waals surface area contributed by atoms with Crippen molar-refractivity contribution in [2.75, 3.05) is 7.05 Å². The monoisotopic (exact) mass is 336 g/mol. The van der Waals surface area contributed by atoms with Crippen LogP contribution in [0, 0.1) is 0 Å². The number of hydrogen-bond donors (Lipinski definition) is 1. The molecule has 2 unspecified atom stereocenters. The molecule has 1 aliphatic rings. The van der Waals surface area contributed by atoms with Gasteiger partial charge in [-0.25, -0.2) is 0 Å². The summed E-state index contributed by atoms with van der Waals surface area (Å²) in [5.41, 5.74) is 6.18. The largest absolute Gasteiger partial charge is 0.336 e. The van der Waals surface area contributed by atoms with E-state index < -0.39 is 0 Å². The molecule has 0 aliphatic carbocycles. The Morgan fingerprint density at radius 1 is 1.65 bits per heavy atom. The van der Waals surface area contributed by atoms with Crippen LogP contribution in [0.3, 0.4) is 0 Å². The molecule has 2 heterocycles. The van der Waals surface area contributed by atoms with Crippen LogP contribution in [-0.2, 0) is 4.79 Å². The fourth-order valence-electron chi connectivity index (χ4n) is 2.18. The maximum atomic E-state index is 11.9. The number of likely N-dealkylation sites (tertiary alicyclic amines) is 1. The van der Waals surface area contributed by atoms with Crippen LogP contribution in [0.5, 0.6) is 0 Å². The zero-order valence-electron chi connectivity index (χ0n) is 9.45. The van der Waals surface area contributed by atoms with Gasteiger partial charge in [0.15, 0.2) is 0 Å². The Balaban J connectivity index is 2.35. The average Bonchev–Trinajstić information content (AvgIpc) is 2.52. The summed E-state index contributed by atoms with van der Waals surface area (Å²) < 4.78 is 1.58. The molecule has 0 radical (unpaired) electrons. The van der Waals surface area contributed by atoms with Crippen LogP contribution in [-0.4, -0.2) is 23.9 Å². The summed E-state index contributed by atoms with van der Waals surface area (Å²) in [4.78, 5) is 14.7. The minimum atomic E-state index is -0.0567. The molecule has 0 aromatic carbocycles. The Morgan fingerprint density at radius 2 is 2.35 bits per heavy atom. The second-order valence-corrected chi connectivity index (χ2v) is 6.82. The number of carbonyl (C=O) groups is 1. The van der Waals surface area contributed by atoms with E-state index in [-0.39, 0.29) is 18.0 Å². The molecule has 2 rings (SSSR count). The standard InChI is InChI=1S/C11H14BrClN2OS/c1-15-9(16)4-2-3-7(14)10(15)8-5-6(12)11(13)17-8/h5,7,10H,2-4,14H2,1H3. The Morgan fingerprint density at radius 3 is 2.94 bits per heavy atom. The zero-order chi connectivity index (χ0) is 12.6. The van der Waals surface area contributed by atoms with Gasteiger partial charge in [0.1, 0.15) is 4.34 Å². The van der Waals surface area contributed by atoms with E-state index in [1.54, 1.807) is 4.90 Å². The molecule has 6 heteroatoms. The Kier molecular flexibility index (Phi) is 4.13. The van der Waals surface area contributed by atoms with Crippen molar-refractivity contribution in [3.8, 4) is 0 Å². The van der Waals surface area contributed by atoms with Gasteiger partial charge >= 0.3 is 0 Å². The zero-order valence-corrected chi connectivity index (χ0v) is 12.6. The van der Waals surface area contributed by atoms with E-state index in [0.29, 0.717) is 10.8 Å². The number of likely N-dealkylation sites (N-methyl/N-ethyl adjacent to an activating group) is 1. The van der Waals surface area contributed by atoms with Gasteiger partial charge in [-0.15, -0.1) is 11.3 Å². The van der Waals surface area contributed by atoms with Crippen LogP contribution in [0.1, 0.15) is 30.2 Å². The first kappa shape index (κ1) is 13.3. The van der Waals surface area contributed by atoms with Crippen molar-refractivity contribution in [2.24, 2.45) is 5.73 Å². The predicted octanol–water partition coefficient (Wildman–Crippen LogP) is 3.17. The second kappa shape index (κ2) is 5.26. The topological polar surface area (TPSA) is 46.3 Å². The van der Waals surface area contributed by atoms with E-state index in [1.165, 1.54) is 11.3 Å². The lowest BCUT2D eigenvalue weighted by Crippen LogP contribution is -2.39. The highest BCUT2D eigenvalue weighted by Gasteiger charge is 2.31.